The van der Waals surface area contributed by atoms with Crippen LogP contribution in [0, 0.1) is 10.1 Å². The molecule has 4 aromatic rings. The van der Waals surface area contributed by atoms with Crippen molar-refractivity contribution in [3.8, 4) is 11.3 Å². The van der Waals surface area contributed by atoms with E-state index in [-0.39, 0.29) is 28.1 Å². The first kappa shape index (κ1) is 29.1. The second kappa shape index (κ2) is 12.2. The number of hydrogen-bond donors (Lipinski definition) is 2. The molecule has 1 saturated heterocycles. The first-order valence-electron chi connectivity index (χ1n) is 13.2. The molecule has 0 spiro atoms. The molecule has 13 nitrogen and oxygen atoms in total. The molecule has 0 atom stereocenters. The van der Waals surface area contributed by atoms with Gasteiger partial charge in [0.05, 0.1) is 15.5 Å². The molecule has 0 saturated carbocycles. The van der Waals surface area contributed by atoms with E-state index >= 15 is 0 Å². The zero-order valence-corrected chi connectivity index (χ0v) is 23.8. The van der Waals surface area contributed by atoms with E-state index in [9.17, 15) is 28.1 Å². The summed E-state index contributed by atoms with van der Waals surface area (Å²) in [5.74, 6) is 0.241. The number of nitrogens with one attached hydrogen (secondary N) is 2. The molecule has 0 bridgehead atoms. The highest BCUT2D eigenvalue weighted by Gasteiger charge is 2.23. The van der Waals surface area contributed by atoms with Crippen molar-refractivity contribution in [2.24, 2.45) is 0 Å². The van der Waals surface area contributed by atoms with Crippen molar-refractivity contribution in [3.63, 3.8) is 0 Å². The molecule has 1 fully saturated rings. The maximum atomic E-state index is 12.9. The fourth-order valence-electron chi connectivity index (χ4n) is 4.50. The van der Waals surface area contributed by atoms with Crippen LogP contribution in [0.15, 0.2) is 90.0 Å². The van der Waals surface area contributed by atoms with Crippen molar-refractivity contribution in [2.75, 3.05) is 36.2 Å². The van der Waals surface area contributed by atoms with Gasteiger partial charge in [-0.25, -0.2) is 18.4 Å². The molecule has 2 amide bonds. The molecule has 1 aliphatic heterocycles. The molecule has 220 valence electrons. The van der Waals surface area contributed by atoms with E-state index in [1.165, 1.54) is 25.1 Å². The van der Waals surface area contributed by atoms with Crippen LogP contribution in [0.2, 0.25) is 0 Å². The van der Waals surface area contributed by atoms with E-state index in [0.717, 1.165) is 6.07 Å². The third-order valence-corrected chi connectivity index (χ3v) is 8.21. The summed E-state index contributed by atoms with van der Waals surface area (Å²) in [4.78, 5) is 46.8. The average molecular weight is 602 g/mol. The van der Waals surface area contributed by atoms with Crippen molar-refractivity contribution in [1.29, 1.82) is 0 Å². The van der Waals surface area contributed by atoms with Crippen molar-refractivity contribution in [2.45, 2.75) is 11.8 Å². The second-order valence-electron chi connectivity index (χ2n) is 9.70. The minimum absolute atomic E-state index is 0.00810. The van der Waals surface area contributed by atoms with E-state index in [0.29, 0.717) is 54.6 Å². The lowest BCUT2D eigenvalue weighted by Gasteiger charge is -2.34. The number of carbonyl (C=O) groups is 2. The smallest absolute Gasteiger partial charge is 0.270 e. The predicted molar refractivity (Wildman–Crippen MR) is 159 cm³/mol. The molecule has 5 rings (SSSR count). The lowest BCUT2D eigenvalue weighted by molar-refractivity contribution is -0.385. The number of hydrogen-bond acceptors (Lipinski definition) is 9. The minimum atomic E-state index is -4.04. The van der Waals surface area contributed by atoms with E-state index < -0.39 is 14.9 Å². The molecule has 3 aromatic carbocycles. The molecule has 1 aromatic heterocycles. The Morgan fingerprint density at radius 3 is 2.19 bits per heavy atom. The van der Waals surface area contributed by atoms with Crippen LogP contribution in [0.4, 0.5) is 23.0 Å². The van der Waals surface area contributed by atoms with E-state index in [1.54, 1.807) is 70.6 Å². The number of carbonyl (C=O) groups excluding carboxylic acids is 2. The number of nitro groups is 1. The molecule has 0 aliphatic carbocycles. The van der Waals surface area contributed by atoms with Gasteiger partial charge in [-0.2, -0.15) is 0 Å². The standard InChI is InChI=1S/C29H27N7O6S/c1-20(37)34-15-17-35(18-16-34)28(38)22-7-9-23(10-8-22)31-29-30-14-13-27(32-29)21-5-11-24(12-6-21)33-43(41,42)26-4-2-3-25(19-26)36(39)40/h2-14,19,33H,15-18H2,1H3,(H,30,31,32). The lowest BCUT2D eigenvalue weighted by atomic mass is 10.1. The minimum Gasteiger partial charge on any atom is -0.339 e. The number of benzene rings is 3. The van der Waals surface area contributed by atoms with Gasteiger partial charge in [-0.3, -0.25) is 24.4 Å². The summed E-state index contributed by atoms with van der Waals surface area (Å²) < 4.78 is 27.9. The summed E-state index contributed by atoms with van der Waals surface area (Å²) >= 11 is 0. The van der Waals surface area contributed by atoms with Gasteiger partial charge in [0, 0.05) is 73.9 Å². The van der Waals surface area contributed by atoms with Gasteiger partial charge < -0.3 is 15.1 Å². The van der Waals surface area contributed by atoms with Gasteiger partial charge in [-0.1, -0.05) is 18.2 Å². The van der Waals surface area contributed by atoms with Gasteiger partial charge >= 0.3 is 0 Å². The Hall–Kier alpha value is -5.37. The van der Waals surface area contributed by atoms with Crippen LogP contribution in [0.3, 0.4) is 0 Å². The Morgan fingerprint density at radius 2 is 1.53 bits per heavy atom. The highest BCUT2D eigenvalue weighted by atomic mass is 32.2. The Bertz CT molecular complexity index is 1770. The van der Waals surface area contributed by atoms with Crippen LogP contribution >= 0.6 is 0 Å². The van der Waals surface area contributed by atoms with Crippen molar-refractivity contribution < 1.29 is 22.9 Å². The highest BCUT2D eigenvalue weighted by molar-refractivity contribution is 7.92. The number of sulfonamides is 1. The molecule has 2 heterocycles. The van der Waals surface area contributed by atoms with Crippen LogP contribution in [-0.2, 0) is 14.8 Å². The predicted octanol–water partition coefficient (Wildman–Crippen LogP) is 3.90. The van der Waals surface area contributed by atoms with E-state index in [4.69, 9.17) is 0 Å². The number of amides is 2. The van der Waals surface area contributed by atoms with Crippen molar-refractivity contribution >= 4 is 44.8 Å². The Labute approximate surface area is 247 Å². The van der Waals surface area contributed by atoms with Gasteiger partial charge in [0.1, 0.15) is 0 Å². The third kappa shape index (κ3) is 6.93. The first-order chi connectivity index (χ1) is 20.6. The Kier molecular flexibility index (Phi) is 8.29. The molecule has 0 unspecified atom stereocenters. The largest absolute Gasteiger partial charge is 0.339 e. The second-order valence-corrected chi connectivity index (χ2v) is 11.4. The SMILES string of the molecule is CC(=O)N1CCN(C(=O)c2ccc(Nc3nccc(-c4ccc(NS(=O)(=O)c5cccc([N+](=O)[O-])c5)cc4)n3)cc2)CC1. The molecule has 2 N–H and O–H groups in total. The van der Waals surface area contributed by atoms with Gasteiger partial charge in [-0.05, 0) is 48.5 Å². The number of nitrogens with zero attached hydrogens (tertiary/aromatic N) is 5. The summed E-state index contributed by atoms with van der Waals surface area (Å²) in [6.45, 7) is 3.55. The fraction of sp³-hybridized carbons (Fsp3) is 0.172. The Balaban J connectivity index is 1.22. The number of piperazine rings is 1. The summed E-state index contributed by atoms with van der Waals surface area (Å²) in [6, 6.07) is 20.0. The van der Waals surface area contributed by atoms with Crippen LogP contribution in [0.25, 0.3) is 11.3 Å². The molecular weight excluding hydrogens is 574 g/mol. The summed E-state index contributed by atoms with van der Waals surface area (Å²) in [5.41, 5.74) is 2.46. The zero-order valence-electron chi connectivity index (χ0n) is 23.0. The maximum absolute atomic E-state index is 12.9. The topological polar surface area (TPSA) is 168 Å². The van der Waals surface area contributed by atoms with Crippen LogP contribution in [-0.4, -0.2) is 71.1 Å². The number of non-ortho nitro benzene ring substituents is 1. The Morgan fingerprint density at radius 1 is 0.884 bits per heavy atom. The monoisotopic (exact) mass is 601 g/mol. The third-order valence-electron chi connectivity index (χ3n) is 6.83. The van der Waals surface area contributed by atoms with Crippen LogP contribution in [0.1, 0.15) is 17.3 Å². The van der Waals surface area contributed by atoms with Gasteiger partial charge in [0.15, 0.2) is 0 Å². The van der Waals surface area contributed by atoms with Gasteiger partial charge in [-0.15, -0.1) is 0 Å². The molecule has 14 heteroatoms. The molecule has 1 aliphatic rings. The maximum Gasteiger partial charge on any atom is 0.270 e. The van der Waals surface area contributed by atoms with Crippen LogP contribution < -0.4 is 10.0 Å². The molecule has 43 heavy (non-hydrogen) atoms. The fourth-order valence-corrected chi connectivity index (χ4v) is 5.60. The molecular formula is C29H27N7O6S. The highest BCUT2D eigenvalue weighted by Crippen LogP contribution is 2.24. The number of aromatic nitrogens is 2. The lowest BCUT2D eigenvalue weighted by Crippen LogP contribution is -2.50. The van der Waals surface area contributed by atoms with E-state index in [1.807, 2.05) is 0 Å². The molecule has 0 radical (unpaired) electrons. The number of nitro benzene ring substituents is 1. The van der Waals surface area contributed by atoms with Gasteiger partial charge in [0.25, 0.3) is 21.6 Å². The van der Waals surface area contributed by atoms with Crippen molar-refractivity contribution in [3.05, 3.63) is 101 Å². The zero-order chi connectivity index (χ0) is 30.6. The summed E-state index contributed by atoms with van der Waals surface area (Å²) in [6.07, 6.45) is 1.59. The summed E-state index contributed by atoms with van der Waals surface area (Å²) in [7, 11) is -4.04. The number of rotatable bonds is 8. The van der Waals surface area contributed by atoms with Crippen LogP contribution in [0.5, 0.6) is 0 Å². The first-order valence-corrected chi connectivity index (χ1v) is 14.7. The van der Waals surface area contributed by atoms with Crippen molar-refractivity contribution in [1.82, 2.24) is 19.8 Å². The quantitative estimate of drug-likeness (QED) is 0.225. The number of anilines is 3. The van der Waals surface area contributed by atoms with Gasteiger partial charge in [0.2, 0.25) is 11.9 Å². The summed E-state index contributed by atoms with van der Waals surface area (Å²) in [5, 5.41) is 14.1. The normalized spacial score (nSPS) is 13.3. The van der Waals surface area contributed by atoms with E-state index in [2.05, 4.69) is 20.0 Å². The average Bonchev–Trinajstić information content (AvgIpc) is 3.01.